The number of hydrogen-bond donors (Lipinski definition) is 2. The van der Waals surface area contributed by atoms with Crippen molar-refractivity contribution in [3.05, 3.63) is 46.3 Å². The lowest BCUT2D eigenvalue weighted by Gasteiger charge is -2.06. The number of nitro benzene ring substituents is 1. The van der Waals surface area contributed by atoms with E-state index in [0.717, 1.165) is 0 Å². The van der Waals surface area contributed by atoms with Crippen LogP contribution in [0.25, 0.3) is 0 Å². The SMILES string of the molecule is Nc1cc(C(=O)NCCn2ccnn2)ccc1[N+](=O)[O-]. The summed E-state index contributed by atoms with van der Waals surface area (Å²) in [7, 11) is 0. The molecule has 9 heteroatoms. The van der Waals surface area contributed by atoms with Gasteiger partial charge in [-0.2, -0.15) is 0 Å². The summed E-state index contributed by atoms with van der Waals surface area (Å²) in [6.45, 7) is 0.841. The van der Waals surface area contributed by atoms with Crippen LogP contribution in [0.5, 0.6) is 0 Å². The van der Waals surface area contributed by atoms with Gasteiger partial charge in [0.1, 0.15) is 5.69 Å². The predicted octanol–water partition coefficient (Wildman–Crippen LogP) is 0.198. The fourth-order valence-electron chi connectivity index (χ4n) is 1.60. The number of rotatable bonds is 5. The second-order valence-electron chi connectivity index (χ2n) is 3.95. The van der Waals surface area contributed by atoms with Gasteiger partial charge in [0.15, 0.2) is 0 Å². The van der Waals surface area contributed by atoms with Gasteiger partial charge in [0.2, 0.25) is 0 Å². The van der Waals surface area contributed by atoms with Gasteiger partial charge in [-0.05, 0) is 12.1 Å². The van der Waals surface area contributed by atoms with Gasteiger partial charge in [-0.3, -0.25) is 19.6 Å². The summed E-state index contributed by atoms with van der Waals surface area (Å²) >= 11 is 0. The lowest BCUT2D eigenvalue weighted by molar-refractivity contribution is -0.383. The number of carbonyl (C=O) groups excluding carboxylic acids is 1. The Hall–Kier alpha value is -2.97. The van der Waals surface area contributed by atoms with Gasteiger partial charge in [-0.25, -0.2) is 0 Å². The third kappa shape index (κ3) is 3.07. The number of nitrogen functional groups attached to an aromatic ring is 1. The molecule has 9 nitrogen and oxygen atoms in total. The van der Waals surface area contributed by atoms with Gasteiger partial charge >= 0.3 is 0 Å². The van der Waals surface area contributed by atoms with Crippen LogP contribution in [0.4, 0.5) is 11.4 Å². The monoisotopic (exact) mass is 276 g/mol. The van der Waals surface area contributed by atoms with E-state index in [1.165, 1.54) is 18.2 Å². The molecule has 1 aromatic carbocycles. The first-order chi connectivity index (χ1) is 9.58. The maximum Gasteiger partial charge on any atom is 0.292 e. The maximum absolute atomic E-state index is 11.8. The molecule has 0 aliphatic carbocycles. The van der Waals surface area contributed by atoms with E-state index < -0.39 is 4.92 Å². The third-order valence-electron chi connectivity index (χ3n) is 2.58. The molecule has 2 aromatic rings. The topological polar surface area (TPSA) is 129 Å². The Labute approximate surface area is 113 Å². The normalized spacial score (nSPS) is 10.2. The second-order valence-corrected chi connectivity index (χ2v) is 3.95. The number of nitro groups is 1. The summed E-state index contributed by atoms with van der Waals surface area (Å²) in [4.78, 5) is 21.8. The van der Waals surface area contributed by atoms with Crippen molar-refractivity contribution in [1.82, 2.24) is 20.3 Å². The first kappa shape index (κ1) is 13.5. The zero-order valence-electron chi connectivity index (χ0n) is 10.4. The highest BCUT2D eigenvalue weighted by atomic mass is 16.6. The van der Waals surface area contributed by atoms with Crippen molar-refractivity contribution < 1.29 is 9.72 Å². The van der Waals surface area contributed by atoms with Crippen molar-refractivity contribution >= 4 is 17.3 Å². The van der Waals surface area contributed by atoms with Crippen molar-refractivity contribution in [2.75, 3.05) is 12.3 Å². The van der Waals surface area contributed by atoms with E-state index in [2.05, 4.69) is 15.6 Å². The molecule has 104 valence electrons. The van der Waals surface area contributed by atoms with Crippen LogP contribution in [0.15, 0.2) is 30.6 Å². The summed E-state index contributed by atoms with van der Waals surface area (Å²) in [5.74, 6) is -0.355. The number of nitrogens with zero attached hydrogens (tertiary/aromatic N) is 4. The molecule has 0 saturated carbocycles. The number of nitrogens with one attached hydrogen (secondary N) is 1. The zero-order valence-corrected chi connectivity index (χ0v) is 10.4. The van der Waals surface area contributed by atoms with Crippen LogP contribution in [0, 0.1) is 10.1 Å². The molecule has 1 heterocycles. The molecule has 1 aromatic heterocycles. The quantitative estimate of drug-likeness (QED) is 0.456. The van der Waals surface area contributed by atoms with Crippen LogP contribution in [0.3, 0.4) is 0 Å². The minimum atomic E-state index is -0.596. The molecule has 2 rings (SSSR count). The summed E-state index contributed by atoms with van der Waals surface area (Å²) in [6.07, 6.45) is 3.22. The summed E-state index contributed by atoms with van der Waals surface area (Å²) in [5.41, 5.74) is 5.53. The van der Waals surface area contributed by atoms with Crippen molar-refractivity contribution in [3.8, 4) is 0 Å². The molecule has 0 radical (unpaired) electrons. The third-order valence-corrected chi connectivity index (χ3v) is 2.58. The van der Waals surface area contributed by atoms with Crippen LogP contribution in [0.2, 0.25) is 0 Å². The molecule has 0 bridgehead atoms. The molecule has 0 aliphatic heterocycles. The second kappa shape index (κ2) is 5.78. The minimum absolute atomic E-state index is 0.0427. The smallest absolute Gasteiger partial charge is 0.292 e. The Morgan fingerprint density at radius 2 is 2.30 bits per heavy atom. The lowest BCUT2D eigenvalue weighted by atomic mass is 10.1. The molecule has 0 aliphatic rings. The van der Waals surface area contributed by atoms with Crippen molar-refractivity contribution in [2.45, 2.75) is 6.54 Å². The van der Waals surface area contributed by atoms with Crippen molar-refractivity contribution in [1.29, 1.82) is 0 Å². The van der Waals surface area contributed by atoms with Gasteiger partial charge in [0.25, 0.3) is 11.6 Å². The van der Waals surface area contributed by atoms with Crippen molar-refractivity contribution in [2.24, 2.45) is 0 Å². The molecule has 0 unspecified atom stereocenters. The highest BCUT2D eigenvalue weighted by Gasteiger charge is 2.14. The Morgan fingerprint density at radius 1 is 1.50 bits per heavy atom. The van der Waals surface area contributed by atoms with Gasteiger partial charge in [-0.15, -0.1) is 5.10 Å². The molecule has 0 atom stereocenters. The molecule has 0 spiro atoms. The first-order valence-corrected chi connectivity index (χ1v) is 5.74. The van der Waals surface area contributed by atoms with E-state index >= 15 is 0 Å². The van der Waals surface area contributed by atoms with E-state index in [0.29, 0.717) is 13.1 Å². The van der Waals surface area contributed by atoms with E-state index in [1.807, 2.05) is 0 Å². The molecule has 20 heavy (non-hydrogen) atoms. The number of amides is 1. The average molecular weight is 276 g/mol. The molecule has 3 N–H and O–H groups in total. The molecule has 1 amide bonds. The average Bonchev–Trinajstić information content (AvgIpc) is 2.91. The number of anilines is 1. The van der Waals surface area contributed by atoms with Crippen LogP contribution >= 0.6 is 0 Å². The highest BCUT2D eigenvalue weighted by Crippen LogP contribution is 2.21. The van der Waals surface area contributed by atoms with Gasteiger partial charge in [-0.1, -0.05) is 5.21 Å². The largest absolute Gasteiger partial charge is 0.393 e. The van der Waals surface area contributed by atoms with E-state index in [4.69, 9.17) is 5.73 Å². The molecular weight excluding hydrogens is 264 g/mol. The van der Waals surface area contributed by atoms with Crippen LogP contribution in [0.1, 0.15) is 10.4 Å². The minimum Gasteiger partial charge on any atom is -0.393 e. The van der Waals surface area contributed by atoms with Gasteiger partial charge < -0.3 is 11.1 Å². The lowest BCUT2D eigenvalue weighted by Crippen LogP contribution is -2.27. The van der Waals surface area contributed by atoms with Crippen LogP contribution in [-0.2, 0) is 6.54 Å². The molecule has 0 fully saturated rings. The Morgan fingerprint density at radius 3 is 2.90 bits per heavy atom. The maximum atomic E-state index is 11.8. The van der Waals surface area contributed by atoms with E-state index in [-0.39, 0.29) is 22.8 Å². The first-order valence-electron chi connectivity index (χ1n) is 5.74. The van der Waals surface area contributed by atoms with E-state index in [1.54, 1.807) is 17.1 Å². The predicted molar refractivity (Wildman–Crippen MR) is 69.9 cm³/mol. The van der Waals surface area contributed by atoms with Gasteiger partial charge in [0.05, 0.1) is 17.7 Å². The number of nitrogens with two attached hydrogens (primary N) is 1. The van der Waals surface area contributed by atoms with Crippen LogP contribution < -0.4 is 11.1 Å². The Kier molecular flexibility index (Phi) is 3.89. The van der Waals surface area contributed by atoms with Crippen molar-refractivity contribution in [3.63, 3.8) is 0 Å². The fraction of sp³-hybridized carbons (Fsp3) is 0.182. The molecule has 0 saturated heterocycles. The summed E-state index contributed by atoms with van der Waals surface area (Å²) < 4.78 is 1.57. The summed E-state index contributed by atoms with van der Waals surface area (Å²) in [5, 5.41) is 20.7. The zero-order chi connectivity index (χ0) is 14.5. The standard InChI is InChI=1S/C11H12N6O3/c12-9-7-8(1-2-10(9)17(19)20)11(18)13-3-5-16-6-4-14-15-16/h1-2,4,6-7H,3,5,12H2,(H,13,18). The number of aromatic nitrogens is 3. The van der Waals surface area contributed by atoms with Gasteiger partial charge in [0, 0.05) is 24.4 Å². The number of carbonyl (C=O) groups is 1. The number of benzene rings is 1. The molecular formula is C11H12N6O3. The number of hydrogen-bond acceptors (Lipinski definition) is 6. The summed E-state index contributed by atoms with van der Waals surface area (Å²) in [6, 6.07) is 3.85. The fourth-order valence-corrected chi connectivity index (χ4v) is 1.60. The van der Waals surface area contributed by atoms with E-state index in [9.17, 15) is 14.9 Å². The highest BCUT2D eigenvalue weighted by molar-refractivity contribution is 5.95. The van der Waals surface area contributed by atoms with Crippen LogP contribution in [-0.4, -0.2) is 32.4 Å². The Bertz CT molecular complexity index is 625. The Balaban J connectivity index is 1.95.